The summed E-state index contributed by atoms with van der Waals surface area (Å²) in [5.41, 5.74) is 0.956. The lowest BCUT2D eigenvalue weighted by Gasteiger charge is -2.25. The molecule has 0 saturated heterocycles. The number of nitrogens with one attached hydrogen (secondary N) is 1. The summed E-state index contributed by atoms with van der Waals surface area (Å²) in [6, 6.07) is 8.15. The predicted molar refractivity (Wildman–Crippen MR) is 90.4 cm³/mol. The van der Waals surface area contributed by atoms with Crippen molar-refractivity contribution < 1.29 is 27.8 Å². The predicted octanol–water partition coefficient (Wildman–Crippen LogP) is 2.85. The summed E-state index contributed by atoms with van der Waals surface area (Å²) in [6.45, 7) is 0.100. The SMILES string of the molecule is COc1ccc2c(c1)OC[C@H](C(=O)NCc1ccc(OC)c(F)c1F)C2. The first kappa shape index (κ1) is 18.0. The summed E-state index contributed by atoms with van der Waals surface area (Å²) in [7, 11) is 2.83. The van der Waals surface area contributed by atoms with E-state index in [-0.39, 0.29) is 30.4 Å². The second kappa shape index (κ2) is 7.59. The fraction of sp³-hybridized carbons (Fsp3) is 0.316. The van der Waals surface area contributed by atoms with Crippen molar-refractivity contribution in [3.05, 3.63) is 53.1 Å². The van der Waals surface area contributed by atoms with Gasteiger partial charge in [0.25, 0.3) is 0 Å². The van der Waals surface area contributed by atoms with Gasteiger partial charge in [0, 0.05) is 18.2 Å². The highest BCUT2D eigenvalue weighted by molar-refractivity contribution is 5.79. The van der Waals surface area contributed by atoms with Gasteiger partial charge in [-0.15, -0.1) is 0 Å². The summed E-state index contributed by atoms with van der Waals surface area (Å²) in [4.78, 5) is 12.4. The molecule has 2 aromatic carbocycles. The molecule has 0 aromatic heterocycles. The van der Waals surface area contributed by atoms with Gasteiger partial charge in [0.05, 0.1) is 20.1 Å². The van der Waals surface area contributed by atoms with Crippen LogP contribution in [0.4, 0.5) is 8.78 Å². The lowest BCUT2D eigenvalue weighted by molar-refractivity contribution is -0.126. The number of amides is 1. The molecule has 0 aliphatic carbocycles. The van der Waals surface area contributed by atoms with Gasteiger partial charge in [0.2, 0.25) is 11.7 Å². The highest BCUT2D eigenvalue weighted by Crippen LogP contribution is 2.31. The summed E-state index contributed by atoms with van der Waals surface area (Å²) in [5, 5.41) is 2.64. The van der Waals surface area contributed by atoms with E-state index in [1.165, 1.54) is 19.2 Å². The number of methoxy groups -OCH3 is 2. The molecule has 26 heavy (non-hydrogen) atoms. The first-order chi connectivity index (χ1) is 12.5. The molecule has 0 fully saturated rings. The number of ether oxygens (including phenoxy) is 3. The molecule has 138 valence electrons. The number of rotatable bonds is 5. The number of carbonyl (C=O) groups excluding carboxylic acids is 1. The molecule has 0 radical (unpaired) electrons. The lowest BCUT2D eigenvalue weighted by Crippen LogP contribution is -2.37. The van der Waals surface area contributed by atoms with Crippen molar-refractivity contribution in [2.75, 3.05) is 20.8 Å². The van der Waals surface area contributed by atoms with Crippen LogP contribution in [-0.4, -0.2) is 26.7 Å². The number of carbonyl (C=O) groups is 1. The quantitative estimate of drug-likeness (QED) is 0.888. The highest BCUT2D eigenvalue weighted by Gasteiger charge is 2.26. The Morgan fingerprint density at radius 3 is 2.73 bits per heavy atom. The Morgan fingerprint density at radius 2 is 2.00 bits per heavy atom. The van der Waals surface area contributed by atoms with Crippen LogP contribution in [0.3, 0.4) is 0 Å². The number of hydrogen-bond acceptors (Lipinski definition) is 4. The standard InChI is InChI=1S/C19H19F2NO4/c1-24-14-5-3-11-7-13(10-26-16(11)8-14)19(23)22-9-12-4-6-15(25-2)18(21)17(12)20/h3-6,8,13H,7,9-10H2,1-2H3,(H,22,23)/t13-/m1/s1. The molecule has 0 saturated carbocycles. The minimum Gasteiger partial charge on any atom is -0.497 e. The average Bonchev–Trinajstić information content (AvgIpc) is 2.68. The molecule has 1 aliphatic rings. The third-order valence-corrected chi connectivity index (χ3v) is 4.35. The fourth-order valence-corrected chi connectivity index (χ4v) is 2.84. The number of hydrogen-bond donors (Lipinski definition) is 1. The smallest absolute Gasteiger partial charge is 0.227 e. The van der Waals surface area contributed by atoms with Crippen LogP contribution >= 0.6 is 0 Å². The van der Waals surface area contributed by atoms with E-state index < -0.39 is 17.6 Å². The maximum Gasteiger partial charge on any atom is 0.227 e. The van der Waals surface area contributed by atoms with E-state index >= 15 is 0 Å². The van der Waals surface area contributed by atoms with Crippen LogP contribution in [0.1, 0.15) is 11.1 Å². The minimum atomic E-state index is -1.07. The molecule has 1 heterocycles. The largest absolute Gasteiger partial charge is 0.497 e. The van der Waals surface area contributed by atoms with Gasteiger partial charge >= 0.3 is 0 Å². The Labute approximate surface area is 149 Å². The first-order valence-electron chi connectivity index (χ1n) is 8.11. The van der Waals surface area contributed by atoms with Crippen molar-refractivity contribution in [3.8, 4) is 17.2 Å². The highest BCUT2D eigenvalue weighted by atomic mass is 19.2. The van der Waals surface area contributed by atoms with Crippen LogP contribution in [-0.2, 0) is 17.8 Å². The second-order valence-corrected chi connectivity index (χ2v) is 5.96. The summed E-state index contributed by atoms with van der Waals surface area (Å²) in [5.74, 6) is -1.57. The molecule has 3 rings (SSSR count). The lowest BCUT2D eigenvalue weighted by atomic mass is 9.96. The molecule has 0 unspecified atom stereocenters. The molecule has 0 bridgehead atoms. The summed E-state index contributed by atoms with van der Waals surface area (Å²) in [6.07, 6.45) is 0.505. The van der Waals surface area contributed by atoms with E-state index in [1.54, 1.807) is 19.2 Å². The van der Waals surface area contributed by atoms with Gasteiger partial charge in [-0.25, -0.2) is 4.39 Å². The Balaban J connectivity index is 1.63. The molecule has 7 heteroatoms. The van der Waals surface area contributed by atoms with Crippen molar-refractivity contribution in [2.24, 2.45) is 5.92 Å². The minimum absolute atomic E-state index is 0.0542. The van der Waals surface area contributed by atoms with Crippen LogP contribution in [0.25, 0.3) is 0 Å². The zero-order valence-corrected chi connectivity index (χ0v) is 14.5. The molecular formula is C19H19F2NO4. The normalized spacial score (nSPS) is 15.6. The van der Waals surface area contributed by atoms with Crippen molar-refractivity contribution in [2.45, 2.75) is 13.0 Å². The van der Waals surface area contributed by atoms with Gasteiger partial charge in [-0.1, -0.05) is 12.1 Å². The number of benzene rings is 2. The summed E-state index contributed by atoms with van der Waals surface area (Å²) < 4.78 is 43.2. The molecule has 1 atom stereocenters. The van der Waals surface area contributed by atoms with Gasteiger partial charge in [-0.2, -0.15) is 4.39 Å². The maximum atomic E-state index is 14.0. The van der Waals surface area contributed by atoms with E-state index in [0.29, 0.717) is 17.9 Å². The Morgan fingerprint density at radius 1 is 1.19 bits per heavy atom. The van der Waals surface area contributed by atoms with Gasteiger partial charge < -0.3 is 19.5 Å². The molecule has 1 N–H and O–H groups in total. The molecule has 1 aliphatic heterocycles. The monoisotopic (exact) mass is 363 g/mol. The van der Waals surface area contributed by atoms with Crippen molar-refractivity contribution in [1.82, 2.24) is 5.32 Å². The van der Waals surface area contributed by atoms with Gasteiger partial charge in [0.15, 0.2) is 11.6 Å². The number of fused-ring (bicyclic) bond motifs is 1. The third kappa shape index (κ3) is 3.56. The van der Waals surface area contributed by atoms with Crippen molar-refractivity contribution >= 4 is 5.91 Å². The topological polar surface area (TPSA) is 56.8 Å². The van der Waals surface area contributed by atoms with E-state index in [1.807, 2.05) is 6.07 Å². The number of halogens is 2. The Kier molecular flexibility index (Phi) is 5.25. The second-order valence-electron chi connectivity index (χ2n) is 5.96. The Bertz CT molecular complexity index is 825. The maximum absolute atomic E-state index is 14.0. The molecule has 5 nitrogen and oxygen atoms in total. The molecule has 1 amide bonds. The van der Waals surface area contributed by atoms with Crippen molar-refractivity contribution in [1.29, 1.82) is 0 Å². The van der Waals surface area contributed by atoms with Crippen LogP contribution < -0.4 is 19.5 Å². The zero-order valence-electron chi connectivity index (χ0n) is 14.5. The zero-order chi connectivity index (χ0) is 18.7. The third-order valence-electron chi connectivity index (χ3n) is 4.35. The van der Waals surface area contributed by atoms with E-state index in [9.17, 15) is 13.6 Å². The Hall–Kier alpha value is -2.83. The van der Waals surface area contributed by atoms with Crippen LogP contribution in [0, 0.1) is 17.6 Å². The van der Waals surface area contributed by atoms with Crippen LogP contribution in [0.15, 0.2) is 30.3 Å². The van der Waals surface area contributed by atoms with Gasteiger partial charge in [0.1, 0.15) is 18.1 Å². The van der Waals surface area contributed by atoms with Gasteiger partial charge in [-0.05, 0) is 24.1 Å². The summed E-state index contributed by atoms with van der Waals surface area (Å²) >= 11 is 0. The van der Waals surface area contributed by atoms with E-state index in [4.69, 9.17) is 14.2 Å². The average molecular weight is 363 g/mol. The molecule has 2 aromatic rings. The van der Waals surface area contributed by atoms with Crippen molar-refractivity contribution in [3.63, 3.8) is 0 Å². The van der Waals surface area contributed by atoms with Crippen LogP contribution in [0.2, 0.25) is 0 Å². The van der Waals surface area contributed by atoms with Crippen LogP contribution in [0.5, 0.6) is 17.2 Å². The molecule has 0 spiro atoms. The fourth-order valence-electron chi connectivity index (χ4n) is 2.84. The van der Waals surface area contributed by atoms with E-state index in [0.717, 1.165) is 5.56 Å². The molecular weight excluding hydrogens is 344 g/mol. The first-order valence-corrected chi connectivity index (χ1v) is 8.11. The van der Waals surface area contributed by atoms with E-state index in [2.05, 4.69) is 5.32 Å². The van der Waals surface area contributed by atoms with Gasteiger partial charge in [-0.3, -0.25) is 4.79 Å².